The van der Waals surface area contributed by atoms with Crippen LogP contribution < -0.4 is 15.0 Å². The van der Waals surface area contributed by atoms with Gasteiger partial charge in [0.2, 0.25) is 11.8 Å². The average Bonchev–Trinajstić information content (AvgIpc) is 3.25. The van der Waals surface area contributed by atoms with Crippen LogP contribution >= 0.6 is 0 Å². The molecule has 1 aliphatic carbocycles. The molecule has 1 aliphatic heterocycles. The van der Waals surface area contributed by atoms with E-state index in [2.05, 4.69) is 35.6 Å². The first-order valence-corrected chi connectivity index (χ1v) is 11.3. The highest BCUT2D eigenvalue weighted by atomic mass is 19.1. The van der Waals surface area contributed by atoms with Crippen molar-refractivity contribution in [2.45, 2.75) is 37.6 Å². The van der Waals surface area contributed by atoms with Gasteiger partial charge in [-0.25, -0.2) is 14.4 Å². The van der Waals surface area contributed by atoms with E-state index in [4.69, 9.17) is 9.26 Å². The Morgan fingerprint density at radius 3 is 3.00 bits per heavy atom. The number of methoxy groups -OCH3 is 1. The summed E-state index contributed by atoms with van der Waals surface area (Å²) in [5, 5.41) is 14.5. The lowest BCUT2D eigenvalue weighted by Crippen LogP contribution is -2.24. The number of nitrogens with one attached hydrogen (secondary N) is 2. The van der Waals surface area contributed by atoms with Crippen molar-refractivity contribution in [3.05, 3.63) is 53.9 Å². The molecule has 0 aromatic carbocycles. The van der Waals surface area contributed by atoms with E-state index in [1.165, 1.54) is 6.20 Å². The number of nitrogens with zero attached hydrogens (tertiary/aromatic N) is 6. The van der Waals surface area contributed by atoms with Crippen LogP contribution in [0.3, 0.4) is 0 Å². The van der Waals surface area contributed by atoms with Crippen LogP contribution in [0.2, 0.25) is 0 Å². The van der Waals surface area contributed by atoms with E-state index in [9.17, 15) is 4.39 Å². The summed E-state index contributed by atoms with van der Waals surface area (Å²) >= 11 is 0. The van der Waals surface area contributed by atoms with Gasteiger partial charge in [-0.05, 0) is 37.8 Å². The molecule has 0 bridgehead atoms. The molecule has 11 heteroatoms. The SMILES string of the molecule is COc1ncccc1-c1cc([C@@H]2CCCN2c2ncc(F)c(Nc3cc(C4CC4)[nH]n3)n2)on1. The fraction of sp³-hybridized carbons (Fsp3) is 0.348. The highest BCUT2D eigenvalue weighted by Crippen LogP contribution is 2.40. The molecule has 4 aromatic rings. The summed E-state index contributed by atoms with van der Waals surface area (Å²) in [5.74, 6) is 2.19. The quantitative estimate of drug-likeness (QED) is 0.413. The predicted octanol–water partition coefficient (Wildman–Crippen LogP) is 4.36. The maximum absolute atomic E-state index is 14.5. The Hall–Kier alpha value is -4.02. The lowest BCUT2D eigenvalue weighted by Gasteiger charge is -2.22. The summed E-state index contributed by atoms with van der Waals surface area (Å²) in [6, 6.07) is 7.37. The minimum atomic E-state index is -0.541. The van der Waals surface area contributed by atoms with Crippen molar-refractivity contribution in [1.29, 1.82) is 0 Å². The average molecular weight is 462 g/mol. The number of hydrogen-bond donors (Lipinski definition) is 2. The summed E-state index contributed by atoms with van der Waals surface area (Å²) in [5.41, 5.74) is 2.45. The van der Waals surface area contributed by atoms with E-state index in [0.29, 0.717) is 35.0 Å². The third-order valence-electron chi connectivity index (χ3n) is 6.20. The van der Waals surface area contributed by atoms with Crippen LogP contribution in [0.15, 0.2) is 41.2 Å². The number of halogens is 1. The normalized spacial score (nSPS) is 17.8. The molecule has 5 heterocycles. The first-order chi connectivity index (χ1) is 16.7. The number of aromatic amines is 1. The van der Waals surface area contributed by atoms with Crippen LogP contribution in [0.1, 0.15) is 49.1 Å². The van der Waals surface area contributed by atoms with Crippen LogP contribution in [0.5, 0.6) is 5.88 Å². The summed E-state index contributed by atoms with van der Waals surface area (Å²) in [7, 11) is 1.57. The van der Waals surface area contributed by atoms with Gasteiger partial charge in [-0.15, -0.1) is 0 Å². The van der Waals surface area contributed by atoms with Crippen molar-refractivity contribution in [1.82, 2.24) is 30.3 Å². The van der Waals surface area contributed by atoms with E-state index < -0.39 is 5.82 Å². The minimum Gasteiger partial charge on any atom is -0.481 e. The van der Waals surface area contributed by atoms with Gasteiger partial charge >= 0.3 is 0 Å². The van der Waals surface area contributed by atoms with E-state index in [0.717, 1.165) is 43.5 Å². The number of hydrogen-bond acceptors (Lipinski definition) is 9. The van der Waals surface area contributed by atoms with Gasteiger partial charge in [0, 0.05) is 36.5 Å². The summed E-state index contributed by atoms with van der Waals surface area (Å²) in [4.78, 5) is 15.0. The van der Waals surface area contributed by atoms with Crippen molar-refractivity contribution in [2.75, 3.05) is 23.9 Å². The van der Waals surface area contributed by atoms with Crippen LogP contribution in [-0.4, -0.2) is 44.0 Å². The molecule has 0 spiro atoms. The van der Waals surface area contributed by atoms with Gasteiger partial charge in [0.15, 0.2) is 23.2 Å². The number of ether oxygens (including phenoxy) is 1. The second-order valence-electron chi connectivity index (χ2n) is 8.50. The Balaban J connectivity index is 1.25. The van der Waals surface area contributed by atoms with Gasteiger partial charge < -0.3 is 19.5 Å². The Morgan fingerprint density at radius 1 is 1.24 bits per heavy atom. The predicted molar refractivity (Wildman–Crippen MR) is 121 cm³/mol. The maximum atomic E-state index is 14.5. The Kier molecular flexibility index (Phi) is 5.08. The molecule has 1 saturated heterocycles. The third kappa shape index (κ3) is 3.82. The molecule has 10 nitrogen and oxygen atoms in total. The topological polar surface area (TPSA) is 118 Å². The second-order valence-corrected chi connectivity index (χ2v) is 8.50. The van der Waals surface area contributed by atoms with E-state index in [1.54, 1.807) is 13.3 Å². The highest BCUT2D eigenvalue weighted by molar-refractivity contribution is 5.65. The van der Waals surface area contributed by atoms with E-state index in [-0.39, 0.29) is 11.9 Å². The molecule has 1 saturated carbocycles. The summed E-state index contributed by atoms with van der Waals surface area (Å²) < 4.78 is 25.6. The van der Waals surface area contributed by atoms with Crippen molar-refractivity contribution in [2.24, 2.45) is 0 Å². The van der Waals surface area contributed by atoms with Gasteiger partial charge in [0.25, 0.3) is 0 Å². The zero-order chi connectivity index (χ0) is 23.1. The zero-order valence-corrected chi connectivity index (χ0v) is 18.5. The van der Waals surface area contributed by atoms with Crippen molar-refractivity contribution < 1.29 is 13.7 Å². The van der Waals surface area contributed by atoms with Crippen LogP contribution in [-0.2, 0) is 0 Å². The zero-order valence-electron chi connectivity index (χ0n) is 18.5. The number of pyridine rings is 1. The van der Waals surface area contributed by atoms with Crippen LogP contribution in [0.25, 0.3) is 11.3 Å². The first-order valence-electron chi connectivity index (χ1n) is 11.3. The first kappa shape index (κ1) is 20.6. The third-order valence-corrected chi connectivity index (χ3v) is 6.20. The number of aromatic nitrogens is 6. The molecule has 2 fully saturated rings. The lowest BCUT2D eigenvalue weighted by molar-refractivity contribution is 0.361. The number of anilines is 3. The smallest absolute Gasteiger partial charge is 0.228 e. The number of rotatable bonds is 7. The second kappa shape index (κ2) is 8.40. The van der Waals surface area contributed by atoms with Crippen molar-refractivity contribution >= 4 is 17.6 Å². The highest BCUT2D eigenvalue weighted by Gasteiger charge is 2.32. The van der Waals surface area contributed by atoms with Crippen molar-refractivity contribution in [3.63, 3.8) is 0 Å². The van der Waals surface area contributed by atoms with Crippen LogP contribution in [0.4, 0.5) is 22.0 Å². The van der Waals surface area contributed by atoms with Gasteiger partial charge in [-0.1, -0.05) is 5.16 Å². The van der Waals surface area contributed by atoms with Crippen LogP contribution in [0, 0.1) is 5.82 Å². The lowest BCUT2D eigenvalue weighted by atomic mass is 10.1. The monoisotopic (exact) mass is 462 g/mol. The van der Waals surface area contributed by atoms with Crippen molar-refractivity contribution in [3.8, 4) is 17.1 Å². The minimum absolute atomic E-state index is 0.0860. The number of H-pyrrole nitrogens is 1. The molecule has 6 rings (SSSR count). The largest absolute Gasteiger partial charge is 0.481 e. The Labute approximate surface area is 194 Å². The maximum Gasteiger partial charge on any atom is 0.228 e. The molecule has 1 atom stereocenters. The standard InChI is InChI=1S/C23H23FN8O2/c1-33-22-14(4-2-8-25-22)17-10-19(34-31-17)18-5-3-9-32(18)23-26-12-15(24)21(28-23)27-20-11-16(29-30-20)13-6-7-13/h2,4,8,10-13,18H,3,5-7,9H2,1H3,(H2,26,27,28,29,30)/t18-/m0/s1. The molecule has 174 valence electrons. The van der Waals surface area contributed by atoms with Gasteiger partial charge in [0.1, 0.15) is 5.69 Å². The van der Waals surface area contributed by atoms with Gasteiger partial charge in [0.05, 0.1) is 24.9 Å². The summed E-state index contributed by atoms with van der Waals surface area (Å²) in [6.07, 6.45) is 6.91. The molecule has 4 aromatic heterocycles. The molecule has 2 aliphatic rings. The molecule has 0 unspecified atom stereocenters. The molecular weight excluding hydrogens is 439 g/mol. The molecule has 34 heavy (non-hydrogen) atoms. The molecular formula is C23H23FN8O2. The van der Waals surface area contributed by atoms with Gasteiger partial charge in [-0.3, -0.25) is 5.10 Å². The molecule has 0 radical (unpaired) electrons. The Morgan fingerprint density at radius 2 is 2.15 bits per heavy atom. The molecule has 0 amide bonds. The van der Waals surface area contributed by atoms with E-state index >= 15 is 0 Å². The molecule has 2 N–H and O–H groups in total. The summed E-state index contributed by atoms with van der Waals surface area (Å²) in [6.45, 7) is 0.718. The van der Waals surface area contributed by atoms with Gasteiger partial charge in [-0.2, -0.15) is 10.1 Å². The Bertz CT molecular complexity index is 1320. The fourth-order valence-electron chi connectivity index (χ4n) is 4.33. The van der Waals surface area contributed by atoms with E-state index in [1.807, 2.05) is 29.2 Å². The fourth-order valence-corrected chi connectivity index (χ4v) is 4.33.